The number of hydrogen-bond donors (Lipinski definition) is 0. The molecule has 0 amide bonds. The van der Waals surface area contributed by atoms with Crippen LogP contribution in [0.15, 0.2) is 18.2 Å². The molecule has 104 valence electrons. The molecule has 0 bridgehead atoms. The molecule has 0 aliphatic heterocycles. The van der Waals surface area contributed by atoms with Gasteiger partial charge in [0.2, 0.25) is 0 Å². The van der Waals surface area contributed by atoms with Crippen LogP contribution in [0.4, 0.5) is 17.6 Å². The Morgan fingerprint density at radius 1 is 1.37 bits per heavy atom. The topological polar surface area (TPSA) is 17.1 Å². The van der Waals surface area contributed by atoms with Crippen molar-refractivity contribution in [3.63, 3.8) is 0 Å². The lowest BCUT2D eigenvalue weighted by atomic mass is 10.1. The summed E-state index contributed by atoms with van der Waals surface area (Å²) >= 11 is 6.22. The Balaban J connectivity index is 2.89. The van der Waals surface area contributed by atoms with Crippen molar-refractivity contribution in [2.45, 2.75) is 19.5 Å². The van der Waals surface area contributed by atoms with Crippen molar-refractivity contribution in [3.8, 4) is 0 Å². The Bertz CT molecular complexity index is 497. The van der Waals surface area contributed by atoms with Gasteiger partial charge in [-0.25, -0.2) is 4.39 Å². The molecule has 7 heteroatoms. The predicted molar refractivity (Wildman–Crippen MR) is 71.1 cm³/mol. The number of thioether (sulfide) groups is 1. The lowest BCUT2D eigenvalue weighted by Crippen LogP contribution is -2.10. The molecule has 0 aromatic heterocycles. The third-order valence-electron chi connectivity index (χ3n) is 2.21. The maximum Gasteiger partial charge on any atom is 0.419 e. The lowest BCUT2D eigenvalue weighted by molar-refractivity contribution is -0.140. The fourth-order valence-corrected chi connectivity index (χ4v) is 2.40. The highest BCUT2D eigenvalue weighted by Crippen LogP contribution is 2.31. The van der Waals surface area contributed by atoms with E-state index in [0.717, 1.165) is 6.07 Å². The summed E-state index contributed by atoms with van der Waals surface area (Å²) in [5.41, 5.74) is -1.49. The van der Waals surface area contributed by atoms with E-state index in [1.165, 1.54) is 11.8 Å². The van der Waals surface area contributed by atoms with Crippen molar-refractivity contribution in [1.29, 1.82) is 0 Å². The molecule has 1 rings (SSSR count). The van der Waals surface area contributed by atoms with Gasteiger partial charge in [0, 0.05) is 5.56 Å². The van der Waals surface area contributed by atoms with Gasteiger partial charge in [-0.15, -0.1) is 11.8 Å². The van der Waals surface area contributed by atoms with Crippen LogP contribution in [0.5, 0.6) is 0 Å². The van der Waals surface area contributed by atoms with Crippen LogP contribution in [0.1, 0.15) is 29.3 Å². The summed E-state index contributed by atoms with van der Waals surface area (Å²) in [5.74, 6) is -1.24. The van der Waals surface area contributed by atoms with Crippen molar-refractivity contribution in [2.24, 2.45) is 0 Å². The second-order valence-corrected chi connectivity index (χ2v) is 5.71. The second kappa shape index (κ2) is 6.47. The second-order valence-electron chi connectivity index (χ2n) is 3.60. The summed E-state index contributed by atoms with van der Waals surface area (Å²) in [7, 11) is 0. The monoisotopic (exact) mass is 310 g/mol. The Morgan fingerprint density at radius 2 is 2.00 bits per heavy atom. The minimum atomic E-state index is -4.76. The Labute approximate surface area is 117 Å². The molecule has 0 radical (unpaired) electrons. The SMILES string of the molecule is CCSC(=S)CC(=O)c1ccc(C(F)(F)F)c(F)c1. The Hall–Kier alpha value is -0.950. The number of carbonyl (C=O) groups excluding carboxylic acids is 1. The van der Waals surface area contributed by atoms with Gasteiger partial charge >= 0.3 is 6.18 Å². The number of benzene rings is 1. The minimum absolute atomic E-state index is 0.0847. The van der Waals surface area contributed by atoms with Gasteiger partial charge < -0.3 is 0 Å². The van der Waals surface area contributed by atoms with Crippen LogP contribution in [0.25, 0.3) is 0 Å². The highest BCUT2D eigenvalue weighted by atomic mass is 32.2. The van der Waals surface area contributed by atoms with E-state index in [1.807, 2.05) is 6.92 Å². The fraction of sp³-hybridized carbons (Fsp3) is 0.333. The molecule has 0 atom stereocenters. The predicted octanol–water partition coefficient (Wildman–Crippen LogP) is 4.50. The van der Waals surface area contributed by atoms with Crippen LogP contribution < -0.4 is 0 Å². The van der Waals surface area contributed by atoms with Gasteiger partial charge in [-0.1, -0.05) is 25.2 Å². The van der Waals surface area contributed by atoms with Gasteiger partial charge in [-0.3, -0.25) is 4.79 Å². The average Bonchev–Trinajstić information content (AvgIpc) is 2.27. The molecule has 19 heavy (non-hydrogen) atoms. The van der Waals surface area contributed by atoms with Crippen LogP contribution in [-0.4, -0.2) is 15.7 Å². The van der Waals surface area contributed by atoms with Crippen LogP contribution in [0, 0.1) is 5.82 Å². The Kier molecular flexibility index (Phi) is 5.49. The highest BCUT2D eigenvalue weighted by Gasteiger charge is 2.34. The zero-order valence-electron chi connectivity index (χ0n) is 9.88. The van der Waals surface area contributed by atoms with Gasteiger partial charge in [0.15, 0.2) is 5.78 Å². The van der Waals surface area contributed by atoms with E-state index in [9.17, 15) is 22.4 Å². The van der Waals surface area contributed by atoms with Gasteiger partial charge in [0.05, 0.1) is 16.2 Å². The van der Waals surface area contributed by atoms with Crippen molar-refractivity contribution >= 4 is 34.0 Å². The van der Waals surface area contributed by atoms with Crippen LogP contribution >= 0.6 is 24.0 Å². The van der Waals surface area contributed by atoms with E-state index in [4.69, 9.17) is 12.2 Å². The quantitative estimate of drug-likeness (QED) is 0.463. The largest absolute Gasteiger partial charge is 0.419 e. The Morgan fingerprint density at radius 3 is 2.47 bits per heavy atom. The summed E-state index contributed by atoms with van der Waals surface area (Å²) in [5, 5.41) is 0. The van der Waals surface area contributed by atoms with Crippen molar-refractivity contribution < 1.29 is 22.4 Å². The number of alkyl halides is 3. The molecule has 0 aliphatic carbocycles. The number of ketones is 1. The maximum atomic E-state index is 13.3. The molecule has 0 N–H and O–H groups in total. The van der Waals surface area contributed by atoms with Crippen molar-refractivity contribution in [3.05, 3.63) is 35.1 Å². The van der Waals surface area contributed by atoms with E-state index < -0.39 is 23.3 Å². The zero-order valence-corrected chi connectivity index (χ0v) is 11.5. The molecular formula is C12H10F4OS2. The molecule has 1 aromatic carbocycles. The van der Waals surface area contributed by atoms with Gasteiger partial charge in [0.1, 0.15) is 5.82 Å². The summed E-state index contributed by atoms with van der Waals surface area (Å²) in [6.45, 7) is 1.86. The van der Waals surface area contributed by atoms with Gasteiger partial charge in [-0.05, 0) is 17.9 Å². The first kappa shape index (κ1) is 16.1. The number of carbonyl (C=O) groups is 1. The smallest absolute Gasteiger partial charge is 0.294 e. The van der Waals surface area contributed by atoms with Crippen molar-refractivity contribution in [2.75, 3.05) is 5.75 Å². The van der Waals surface area contributed by atoms with Crippen LogP contribution in [0.2, 0.25) is 0 Å². The summed E-state index contributed by atoms with van der Waals surface area (Å²) in [6, 6.07) is 2.14. The summed E-state index contributed by atoms with van der Waals surface area (Å²) < 4.78 is 50.7. The van der Waals surface area contributed by atoms with Gasteiger partial charge in [-0.2, -0.15) is 13.2 Å². The molecule has 0 unspecified atom stereocenters. The van der Waals surface area contributed by atoms with Crippen LogP contribution in [0.3, 0.4) is 0 Å². The third kappa shape index (κ3) is 4.58. The summed E-state index contributed by atoms with van der Waals surface area (Å²) in [6.07, 6.45) is -4.85. The van der Waals surface area contributed by atoms with Crippen LogP contribution in [-0.2, 0) is 6.18 Å². The first-order valence-corrected chi connectivity index (χ1v) is 6.70. The van der Waals surface area contributed by atoms with Crippen molar-refractivity contribution in [1.82, 2.24) is 0 Å². The molecule has 0 heterocycles. The van der Waals surface area contributed by atoms with E-state index in [-0.39, 0.29) is 12.0 Å². The number of thiocarbonyl (C=S) groups is 1. The van der Waals surface area contributed by atoms with E-state index >= 15 is 0 Å². The lowest BCUT2D eigenvalue weighted by Gasteiger charge is -2.09. The molecule has 1 aromatic rings. The number of Topliss-reactive ketones (excluding diaryl/α,β-unsaturated/α-hetero) is 1. The average molecular weight is 310 g/mol. The first-order chi connectivity index (χ1) is 8.75. The third-order valence-corrected chi connectivity index (χ3v) is 3.46. The number of hydrogen-bond acceptors (Lipinski definition) is 3. The number of rotatable bonds is 4. The summed E-state index contributed by atoms with van der Waals surface area (Å²) in [4.78, 5) is 11.7. The molecule has 1 nitrogen and oxygen atoms in total. The minimum Gasteiger partial charge on any atom is -0.294 e. The number of halogens is 4. The first-order valence-electron chi connectivity index (χ1n) is 5.31. The maximum absolute atomic E-state index is 13.3. The standard InChI is InChI=1S/C12H10F4OS2/c1-2-19-11(18)6-10(17)7-3-4-8(9(13)5-7)12(14,15)16/h3-5H,2,6H2,1H3. The van der Waals surface area contributed by atoms with E-state index in [2.05, 4.69) is 0 Å². The molecule has 0 saturated carbocycles. The fourth-order valence-electron chi connectivity index (χ4n) is 1.36. The molecule has 0 saturated heterocycles. The molecule has 0 aliphatic rings. The van der Waals surface area contributed by atoms with E-state index in [0.29, 0.717) is 22.1 Å². The normalized spacial score (nSPS) is 11.4. The molecule has 0 fully saturated rings. The van der Waals surface area contributed by atoms with E-state index in [1.54, 1.807) is 0 Å². The van der Waals surface area contributed by atoms with Gasteiger partial charge in [0.25, 0.3) is 0 Å². The zero-order chi connectivity index (χ0) is 14.6. The highest BCUT2D eigenvalue weighted by molar-refractivity contribution is 8.23. The molecular weight excluding hydrogens is 300 g/mol. The molecule has 0 spiro atoms.